The van der Waals surface area contributed by atoms with Crippen LogP contribution in [0.2, 0.25) is 0 Å². The van der Waals surface area contributed by atoms with Crippen molar-refractivity contribution in [3.05, 3.63) is 60.6 Å². The van der Waals surface area contributed by atoms with Gasteiger partial charge in [-0.15, -0.1) is 10.2 Å². The molecule has 0 saturated carbocycles. The second-order valence-electron chi connectivity index (χ2n) is 5.08. The second-order valence-corrected chi connectivity index (χ2v) is 6.38. The largest absolute Gasteiger partial charge is 0.467 e. The van der Waals surface area contributed by atoms with Crippen molar-refractivity contribution in [3.63, 3.8) is 0 Å². The summed E-state index contributed by atoms with van der Waals surface area (Å²) in [5, 5.41) is 10.9. The summed E-state index contributed by atoms with van der Waals surface area (Å²) in [5.41, 5.74) is 0.547. The fraction of sp³-hybridized carbons (Fsp3) is 0.188. The van der Waals surface area contributed by atoms with Crippen molar-refractivity contribution >= 4 is 23.4 Å². The molecule has 0 spiro atoms. The summed E-state index contributed by atoms with van der Waals surface area (Å²) in [5.74, 6) is 0.237. The Kier molecular flexibility index (Phi) is 4.95. The van der Waals surface area contributed by atoms with E-state index in [2.05, 4.69) is 15.5 Å². The molecule has 1 atom stereocenters. The highest BCUT2D eigenvalue weighted by molar-refractivity contribution is 8.00. The maximum absolute atomic E-state index is 12.9. The van der Waals surface area contributed by atoms with Gasteiger partial charge in [0.1, 0.15) is 17.9 Å². The summed E-state index contributed by atoms with van der Waals surface area (Å²) in [7, 11) is 0. The lowest BCUT2D eigenvalue weighted by Gasteiger charge is -2.12. The molecule has 0 radical (unpaired) electrons. The minimum Gasteiger partial charge on any atom is -0.467 e. The van der Waals surface area contributed by atoms with Gasteiger partial charge in [0.05, 0.1) is 18.1 Å². The van der Waals surface area contributed by atoms with Gasteiger partial charge in [0.25, 0.3) is 0 Å². The first-order valence-corrected chi connectivity index (χ1v) is 8.13. The van der Waals surface area contributed by atoms with E-state index in [9.17, 15) is 9.18 Å². The summed E-state index contributed by atoms with van der Waals surface area (Å²) >= 11 is 1.29. The second kappa shape index (κ2) is 7.31. The number of aromatic nitrogens is 3. The third-order valence-corrected chi connectivity index (χ3v) is 4.34. The molecule has 3 rings (SSSR count). The molecular formula is C16H15FN4O2S. The third kappa shape index (κ3) is 4.02. The van der Waals surface area contributed by atoms with E-state index in [1.54, 1.807) is 19.5 Å². The Labute approximate surface area is 142 Å². The number of benzene rings is 1. The normalized spacial score (nSPS) is 12.1. The molecule has 1 aromatic carbocycles. The Balaban J connectivity index is 1.62. The van der Waals surface area contributed by atoms with Gasteiger partial charge in [-0.1, -0.05) is 11.8 Å². The molecule has 8 heteroatoms. The first-order valence-electron chi connectivity index (χ1n) is 7.25. The number of furan rings is 1. The smallest absolute Gasteiger partial charge is 0.237 e. The van der Waals surface area contributed by atoms with E-state index in [-0.39, 0.29) is 11.7 Å². The van der Waals surface area contributed by atoms with E-state index in [1.165, 1.54) is 36.0 Å². The van der Waals surface area contributed by atoms with Gasteiger partial charge in [0, 0.05) is 5.69 Å². The van der Waals surface area contributed by atoms with Gasteiger partial charge in [-0.2, -0.15) is 0 Å². The molecular weight excluding hydrogens is 331 g/mol. The summed E-state index contributed by atoms with van der Waals surface area (Å²) in [6.07, 6.45) is 3.20. The van der Waals surface area contributed by atoms with Gasteiger partial charge in [-0.3, -0.25) is 4.79 Å². The zero-order valence-corrected chi connectivity index (χ0v) is 13.7. The quantitative estimate of drug-likeness (QED) is 0.694. The molecule has 6 nitrogen and oxygen atoms in total. The third-order valence-electron chi connectivity index (χ3n) is 3.25. The lowest BCUT2D eigenvalue weighted by atomic mass is 10.3. The molecule has 0 unspecified atom stereocenters. The molecule has 124 valence electrons. The number of carbonyl (C=O) groups is 1. The van der Waals surface area contributed by atoms with E-state index in [0.717, 1.165) is 5.76 Å². The van der Waals surface area contributed by atoms with Crippen LogP contribution in [0, 0.1) is 5.82 Å². The molecule has 0 saturated heterocycles. The van der Waals surface area contributed by atoms with Crippen molar-refractivity contribution in [2.45, 2.75) is 23.9 Å². The standard InChI is InChI=1S/C16H15FN4O2S/c1-11(15(22)19-13-6-4-12(17)5-7-13)24-16-20-18-10-21(16)9-14-3-2-8-23-14/h2-8,10-11H,9H2,1H3,(H,19,22)/t11-/m1/s1. The van der Waals surface area contributed by atoms with Crippen molar-refractivity contribution in [1.29, 1.82) is 0 Å². The van der Waals surface area contributed by atoms with Crippen molar-refractivity contribution < 1.29 is 13.6 Å². The van der Waals surface area contributed by atoms with Crippen LogP contribution in [0.15, 0.2) is 58.6 Å². The molecule has 0 aliphatic carbocycles. The van der Waals surface area contributed by atoms with Crippen molar-refractivity contribution in [1.82, 2.24) is 14.8 Å². The van der Waals surface area contributed by atoms with Gasteiger partial charge < -0.3 is 14.3 Å². The van der Waals surface area contributed by atoms with E-state index in [1.807, 2.05) is 16.7 Å². The van der Waals surface area contributed by atoms with Gasteiger partial charge in [0.15, 0.2) is 5.16 Å². The lowest BCUT2D eigenvalue weighted by Crippen LogP contribution is -2.23. The minimum absolute atomic E-state index is 0.195. The first kappa shape index (κ1) is 16.3. The Morgan fingerprint density at radius 2 is 2.17 bits per heavy atom. The number of hydrogen-bond acceptors (Lipinski definition) is 5. The van der Waals surface area contributed by atoms with Gasteiger partial charge >= 0.3 is 0 Å². The van der Waals surface area contributed by atoms with Crippen LogP contribution >= 0.6 is 11.8 Å². The Bertz CT molecular complexity index is 802. The highest BCUT2D eigenvalue weighted by atomic mass is 32.2. The van der Waals surface area contributed by atoms with Crippen LogP contribution < -0.4 is 5.32 Å². The van der Waals surface area contributed by atoms with Crippen molar-refractivity contribution in [2.24, 2.45) is 0 Å². The molecule has 1 amide bonds. The predicted molar refractivity (Wildman–Crippen MR) is 88.2 cm³/mol. The molecule has 0 aliphatic heterocycles. The molecule has 0 fully saturated rings. The van der Waals surface area contributed by atoms with Crippen LogP contribution in [0.5, 0.6) is 0 Å². The highest BCUT2D eigenvalue weighted by Crippen LogP contribution is 2.23. The van der Waals surface area contributed by atoms with Crippen LogP contribution in [-0.2, 0) is 11.3 Å². The molecule has 2 aromatic heterocycles. The van der Waals surface area contributed by atoms with Crippen molar-refractivity contribution in [2.75, 3.05) is 5.32 Å². The predicted octanol–water partition coefficient (Wildman–Crippen LogP) is 3.18. The van der Waals surface area contributed by atoms with E-state index < -0.39 is 5.25 Å². The fourth-order valence-corrected chi connectivity index (χ4v) is 2.83. The first-order chi connectivity index (χ1) is 11.6. The molecule has 0 bridgehead atoms. The van der Waals surface area contributed by atoms with Crippen LogP contribution in [0.4, 0.5) is 10.1 Å². The number of halogens is 1. The van der Waals surface area contributed by atoms with Crippen LogP contribution in [0.3, 0.4) is 0 Å². The number of hydrogen-bond donors (Lipinski definition) is 1. The van der Waals surface area contributed by atoms with E-state index in [0.29, 0.717) is 17.4 Å². The summed E-state index contributed by atoms with van der Waals surface area (Å²) in [4.78, 5) is 12.3. The topological polar surface area (TPSA) is 73.0 Å². The number of thioether (sulfide) groups is 1. The Morgan fingerprint density at radius 3 is 2.88 bits per heavy atom. The number of carbonyl (C=O) groups excluding carboxylic acids is 1. The summed E-state index contributed by atoms with van der Waals surface area (Å²) in [6, 6.07) is 9.30. The van der Waals surface area contributed by atoms with E-state index in [4.69, 9.17) is 4.42 Å². The lowest BCUT2D eigenvalue weighted by molar-refractivity contribution is -0.115. The molecule has 2 heterocycles. The summed E-state index contributed by atoms with van der Waals surface area (Å²) in [6.45, 7) is 2.27. The van der Waals surface area contributed by atoms with Gasteiger partial charge in [-0.25, -0.2) is 4.39 Å². The number of rotatable bonds is 6. The number of nitrogens with one attached hydrogen (secondary N) is 1. The zero-order chi connectivity index (χ0) is 16.9. The average molecular weight is 346 g/mol. The zero-order valence-electron chi connectivity index (χ0n) is 12.8. The van der Waals surface area contributed by atoms with E-state index >= 15 is 0 Å². The monoisotopic (exact) mass is 346 g/mol. The van der Waals surface area contributed by atoms with Gasteiger partial charge in [0.2, 0.25) is 5.91 Å². The SMILES string of the molecule is C[C@@H](Sc1nncn1Cc1ccco1)C(=O)Nc1ccc(F)cc1. The molecule has 24 heavy (non-hydrogen) atoms. The maximum Gasteiger partial charge on any atom is 0.237 e. The summed E-state index contributed by atoms with van der Waals surface area (Å²) < 4.78 is 20.0. The Morgan fingerprint density at radius 1 is 1.38 bits per heavy atom. The number of anilines is 1. The molecule has 3 aromatic rings. The van der Waals surface area contributed by atoms with Crippen LogP contribution in [-0.4, -0.2) is 25.9 Å². The average Bonchev–Trinajstić information content (AvgIpc) is 3.22. The van der Waals surface area contributed by atoms with Crippen LogP contribution in [0.25, 0.3) is 0 Å². The molecule has 1 N–H and O–H groups in total. The van der Waals surface area contributed by atoms with Crippen molar-refractivity contribution in [3.8, 4) is 0 Å². The Hall–Kier alpha value is -2.61. The highest BCUT2D eigenvalue weighted by Gasteiger charge is 2.18. The maximum atomic E-state index is 12.9. The number of amides is 1. The van der Waals surface area contributed by atoms with Gasteiger partial charge in [-0.05, 0) is 43.3 Å². The fourth-order valence-electron chi connectivity index (χ4n) is 2.00. The van der Waals surface area contributed by atoms with Crippen LogP contribution in [0.1, 0.15) is 12.7 Å². The molecule has 0 aliphatic rings. The minimum atomic E-state index is -0.394. The number of nitrogens with zero attached hydrogens (tertiary/aromatic N) is 3.